The average Bonchev–Trinajstić information content (AvgIpc) is 3.30. The van der Waals surface area contributed by atoms with Crippen LogP contribution in [0.3, 0.4) is 0 Å². The molecule has 0 saturated carbocycles. The number of aromatic nitrogens is 2. The predicted octanol–water partition coefficient (Wildman–Crippen LogP) is 2.53. The fourth-order valence-corrected chi connectivity index (χ4v) is 3.88. The minimum absolute atomic E-state index is 0.0425. The maximum Gasteiger partial charge on any atom is 0.417 e. The standard InChI is InChI=1S/C23H18F3N3O6/c24-23(25,26)16-4-2-1-3-14(16)13-5-12(6-27-7-13)9-29-17-11-35-10-15(17)20(32)19(22(29)34)21(33)28-8-18(30)31/h1-7,32H,8-11H2,(H,28,33)(H,30,31). The number of aliphatic carboxylic acids is 1. The van der Waals surface area contributed by atoms with Gasteiger partial charge in [-0.05, 0) is 23.3 Å². The lowest BCUT2D eigenvalue weighted by Gasteiger charge is -2.16. The number of nitrogens with one attached hydrogen (secondary N) is 1. The van der Waals surface area contributed by atoms with Crippen LogP contribution in [0.15, 0.2) is 47.5 Å². The van der Waals surface area contributed by atoms with E-state index in [0.717, 1.165) is 10.6 Å². The molecule has 0 aliphatic carbocycles. The van der Waals surface area contributed by atoms with E-state index in [2.05, 4.69) is 4.98 Å². The Balaban J connectivity index is 1.77. The maximum atomic E-state index is 13.5. The molecule has 3 aromatic rings. The van der Waals surface area contributed by atoms with Crippen molar-refractivity contribution in [1.29, 1.82) is 0 Å². The number of carboxylic acids is 1. The van der Waals surface area contributed by atoms with E-state index in [-0.39, 0.29) is 36.4 Å². The second-order valence-corrected chi connectivity index (χ2v) is 7.73. The summed E-state index contributed by atoms with van der Waals surface area (Å²) in [5.74, 6) is -3.03. The minimum Gasteiger partial charge on any atom is -0.506 e. The maximum absolute atomic E-state index is 13.5. The van der Waals surface area contributed by atoms with Crippen LogP contribution in [0, 0.1) is 0 Å². The molecule has 1 aliphatic heterocycles. The molecular weight excluding hydrogens is 471 g/mol. The molecule has 2 aromatic heterocycles. The van der Waals surface area contributed by atoms with E-state index in [1.807, 2.05) is 5.32 Å². The van der Waals surface area contributed by atoms with E-state index in [9.17, 15) is 32.7 Å². The SMILES string of the molecule is O=C(O)CNC(=O)c1c(O)c2c(n(Cc3cncc(-c4ccccc4C(F)(F)F)c3)c1=O)COC2. The number of aromatic hydroxyl groups is 1. The van der Waals surface area contributed by atoms with Gasteiger partial charge in [-0.3, -0.25) is 19.4 Å². The summed E-state index contributed by atoms with van der Waals surface area (Å²) in [6.07, 6.45) is -1.95. The molecule has 1 aliphatic rings. The molecule has 4 rings (SSSR count). The summed E-state index contributed by atoms with van der Waals surface area (Å²) in [7, 11) is 0. The number of halogens is 3. The molecule has 9 nitrogen and oxygen atoms in total. The van der Waals surface area contributed by atoms with E-state index in [1.165, 1.54) is 36.7 Å². The van der Waals surface area contributed by atoms with Gasteiger partial charge in [-0.25, -0.2) is 0 Å². The van der Waals surface area contributed by atoms with Crippen LogP contribution in [0.2, 0.25) is 0 Å². The second-order valence-electron chi connectivity index (χ2n) is 7.73. The third kappa shape index (κ3) is 4.73. The highest BCUT2D eigenvalue weighted by Gasteiger charge is 2.33. The highest BCUT2D eigenvalue weighted by atomic mass is 19.4. The number of benzene rings is 1. The van der Waals surface area contributed by atoms with Gasteiger partial charge in [-0.15, -0.1) is 0 Å². The summed E-state index contributed by atoms with van der Waals surface area (Å²) >= 11 is 0. The number of hydrogen-bond donors (Lipinski definition) is 3. The van der Waals surface area contributed by atoms with Gasteiger partial charge in [-0.1, -0.05) is 18.2 Å². The van der Waals surface area contributed by atoms with Crippen LogP contribution in [0.5, 0.6) is 5.75 Å². The topological polar surface area (TPSA) is 131 Å². The van der Waals surface area contributed by atoms with Gasteiger partial charge in [0.2, 0.25) is 0 Å². The van der Waals surface area contributed by atoms with Crippen LogP contribution in [0.1, 0.15) is 32.7 Å². The van der Waals surface area contributed by atoms with Crippen molar-refractivity contribution in [3.8, 4) is 16.9 Å². The van der Waals surface area contributed by atoms with Crippen molar-refractivity contribution >= 4 is 11.9 Å². The molecule has 0 radical (unpaired) electrons. The number of carbonyl (C=O) groups excluding carboxylic acids is 1. The fourth-order valence-electron chi connectivity index (χ4n) is 3.88. The lowest BCUT2D eigenvalue weighted by Crippen LogP contribution is -2.37. The number of ether oxygens (including phenoxy) is 1. The Bertz CT molecular complexity index is 1380. The Hall–Kier alpha value is -4.19. The van der Waals surface area contributed by atoms with Crippen LogP contribution < -0.4 is 10.9 Å². The van der Waals surface area contributed by atoms with Crippen molar-refractivity contribution in [3.05, 3.63) is 81.0 Å². The van der Waals surface area contributed by atoms with Gasteiger partial charge in [0, 0.05) is 23.5 Å². The monoisotopic (exact) mass is 489 g/mol. The van der Waals surface area contributed by atoms with Crippen molar-refractivity contribution in [1.82, 2.24) is 14.9 Å². The molecule has 1 aromatic carbocycles. The molecular formula is C23H18F3N3O6. The normalized spacial score (nSPS) is 12.9. The summed E-state index contributed by atoms with van der Waals surface area (Å²) in [5.41, 5.74) is -1.47. The number of amides is 1. The van der Waals surface area contributed by atoms with E-state index < -0.39 is 47.0 Å². The van der Waals surface area contributed by atoms with E-state index in [0.29, 0.717) is 11.3 Å². The first kappa shape index (κ1) is 24.0. The van der Waals surface area contributed by atoms with Gasteiger partial charge in [0.15, 0.2) is 0 Å². The van der Waals surface area contributed by atoms with E-state index >= 15 is 0 Å². The van der Waals surface area contributed by atoms with Crippen LogP contribution in [-0.4, -0.2) is 38.2 Å². The summed E-state index contributed by atoms with van der Waals surface area (Å²) < 4.78 is 46.9. The summed E-state index contributed by atoms with van der Waals surface area (Å²) in [6.45, 7) is -1.08. The number of carbonyl (C=O) groups is 2. The highest BCUT2D eigenvalue weighted by molar-refractivity contribution is 5.98. The summed E-state index contributed by atoms with van der Waals surface area (Å²) in [5, 5.41) is 21.3. The first-order chi connectivity index (χ1) is 16.6. The van der Waals surface area contributed by atoms with Crippen molar-refractivity contribution in [2.24, 2.45) is 0 Å². The van der Waals surface area contributed by atoms with Gasteiger partial charge < -0.3 is 24.8 Å². The third-order valence-corrected chi connectivity index (χ3v) is 5.45. The largest absolute Gasteiger partial charge is 0.506 e. The van der Waals surface area contributed by atoms with Gasteiger partial charge in [0.05, 0.1) is 31.0 Å². The quantitative estimate of drug-likeness (QED) is 0.485. The van der Waals surface area contributed by atoms with Crippen LogP contribution >= 0.6 is 0 Å². The first-order valence-corrected chi connectivity index (χ1v) is 10.2. The zero-order valence-electron chi connectivity index (χ0n) is 17.9. The molecule has 1 amide bonds. The third-order valence-electron chi connectivity index (χ3n) is 5.45. The summed E-state index contributed by atoms with van der Waals surface area (Å²) in [4.78, 5) is 40.4. The number of pyridine rings is 2. The van der Waals surface area contributed by atoms with Crippen molar-refractivity contribution in [3.63, 3.8) is 0 Å². The van der Waals surface area contributed by atoms with E-state index in [1.54, 1.807) is 0 Å². The Morgan fingerprint density at radius 1 is 1.17 bits per heavy atom. The molecule has 0 spiro atoms. The minimum atomic E-state index is -4.59. The molecule has 3 heterocycles. The van der Waals surface area contributed by atoms with Crippen LogP contribution in [-0.2, 0) is 35.5 Å². The Kier molecular flexibility index (Phi) is 6.31. The Morgan fingerprint density at radius 2 is 1.91 bits per heavy atom. The molecule has 12 heteroatoms. The molecule has 3 N–H and O–H groups in total. The van der Waals surface area contributed by atoms with Crippen LogP contribution in [0.4, 0.5) is 13.2 Å². The van der Waals surface area contributed by atoms with Crippen molar-refractivity contribution in [2.75, 3.05) is 6.54 Å². The molecule has 0 fully saturated rings. The summed E-state index contributed by atoms with van der Waals surface area (Å²) in [6, 6.07) is 6.46. The van der Waals surface area contributed by atoms with E-state index in [4.69, 9.17) is 9.84 Å². The second kappa shape index (κ2) is 9.22. The molecule has 182 valence electrons. The molecule has 35 heavy (non-hydrogen) atoms. The lowest BCUT2D eigenvalue weighted by molar-refractivity contribution is -0.137. The predicted molar refractivity (Wildman–Crippen MR) is 115 cm³/mol. The molecule has 0 atom stereocenters. The zero-order chi connectivity index (χ0) is 25.3. The van der Waals surface area contributed by atoms with Crippen molar-refractivity contribution in [2.45, 2.75) is 25.9 Å². The van der Waals surface area contributed by atoms with Gasteiger partial charge >= 0.3 is 12.1 Å². The highest BCUT2D eigenvalue weighted by Crippen LogP contribution is 2.37. The number of nitrogens with zero attached hydrogens (tertiary/aromatic N) is 2. The number of alkyl halides is 3. The van der Waals surface area contributed by atoms with Gasteiger partial charge in [0.1, 0.15) is 17.9 Å². The Morgan fingerprint density at radius 3 is 2.63 bits per heavy atom. The zero-order valence-corrected chi connectivity index (χ0v) is 17.9. The number of hydrogen-bond acceptors (Lipinski definition) is 6. The van der Waals surface area contributed by atoms with Crippen molar-refractivity contribution < 1.29 is 37.7 Å². The van der Waals surface area contributed by atoms with Crippen LogP contribution in [0.25, 0.3) is 11.1 Å². The molecule has 0 saturated heterocycles. The Labute approximate surface area is 195 Å². The smallest absolute Gasteiger partial charge is 0.417 e. The fraction of sp³-hybridized carbons (Fsp3) is 0.217. The number of carboxylic acid groups (broad SMARTS) is 1. The lowest BCUT2D eigenvalue weighted by atomic mass is 9.99. The number of rotatable bonds is 6. The average molecular weight is 489 g/mol. The van der Waals surface area contributed by atoms with Gasteiger partial charge in [-0.2, -0.15) is 13.2 Å². The molecule has 0 unspecified atom stereocenters. The van der Waals surface area contributed by atoms with Gasteiger partial charge in [0.25, 0.3) is 11.5 Å². The molecule has 0 bridgehead atoms. The number of fused-ring (bicyclic) bond motifs is 1. The first-order valence-electron chi connectivity index (χ1n) is 10.2.